The smallest absolute Gasteiger partial charge is 0.126 e. The maximum Gasteiger partial charge on any atom is 0.126 e. The van der Waals surface area contributed by atoms with Crippen LogP contribution in [0.5, 0.6) is 0 Å². The number of aliphatic hydroxyl groups is 1. The van der Waals surface area contributed by atoms with Crippen LogP contribution in [0.2, 0.25) is 5.02 Å². The van der Waals surface area contributed by atoms with Crippen molar-refractivity contribution in [2.75, 3.05) is 32.1 Å². The van der Waals surface area contributed by atoms with Crippen molar-refractivity contribution in [3.8, 4) is 0 Å². The Morgan fingerprint density at radius 2 is 2.39 bits per heavy atom. The van der Waals surface area contributed by atoms with E-state index in [4.69, 9.17) is 16.7 Å². The summed E-state index contributed by atoms with van der Waals surface area (Å²) in [5, 5.41) is 12.7. The molecule has 4 nitrogen and oxygen atoms in total. The summed E-state index contributed by atoms with van der Waals surface area (Å²) in [6.45, 7) is 3.16. The number of nitrogens with zero attached hydrogens (tertiary/aromatic N) is 2. The molecule has 1 aromatic rings. The Hall–Kier alpha value is -0.840. The summed E-state index contributed by atoms with van der Waals surface area (Å²) in [5.74, 6) is 1.46. The van der Waals surface area contributed by atoms with Crippen LogP contribution in [0.4, 0.5) is 5.82 Å². The summed E-state index contributed by atoms with van der Waals surface area (Å²) in [6.07, 6.45) is 2.05. The fourth-order valence-electron chi connectivity index (χ4n) is 2.42. The van der Waals surface area contributed by atoms with E-state index in [-0.39, 0.29) is 6.61 Å². The first kappa shape index (κ1) is 13.6. The predicted molar refractivity (Wildman–Crippen MR) is 73.9 cm³/mol. The zero-order valence-corrected chi connectivity index (χ0v) is 11.5. The lowest BCUT2D eigenvalue weighted by Gasteiger charge is -2.16. The number of hydrogen-bond donors (Lipinski definition) is 2. The molecule has 0 saturated carbocycles. The SMILES string of the molecule is CNc1ccc(Cl)c(CN2CCC(CCO)C2)n1. The van der Waals surface area contributed by atoms with Crippen LogP contribution in [-0.4, -0.2) is 41.7 Å². The minimum absolute atomic E-state index is 0.284. The molecule has 2 rings (SSSR count). The monoisotopic (exact) mass is 269 g/mol. The molecule has 1 aliphatic heterocycles. The highest BCUT2D eigenvalue weighted by molar-refractivity contribution is 6.31. The molecule has 1 saturated heterocycles. The molecule has 1 aromatic heterocycles. The van der Waals surface area contributed by atoms with E-state index < -0.39 is 0 Å². The second kappa shape index (κ2) is 6.36. The van der Waals surface area contributed by atoms with Crippen LogP contribution in [0.15, 0.2) is 12.1 Å². The number of aromatic nitrogens is 1. The molecule has 1 unspecified atom stereocenters. The fraction of sp³-hybridized carbons (Fsp3) is 0.615. The van der Waals surface area contributed by atoms with Gasteiger partial charge in [0.25, 0.3) is 0 Å². The highest BCUT2D eigenvalue weighted by atomic mass is 35.5. The molecule has 0 amide bonds. The van der Waals surface area contributed by atoms with Gasteiger partial charge >= 0.3 is 0 Å². The first-order chi connectivity index (χ1) is 8.72. The van der Waals surface area contributed by atoms with Crippen molar-refractivity contribution in [3.05, 3.63) is 22.8 Å². The summed E-state index contributed by atoms with van der Waals surface area (Å²) in [5.41, 5.74) is 0.924. The topological polar surface area (TPSA) is 48.4 Å². The summed E-state index contributed by atoms with van der Waals surface area (Å²) < 4.78 is 0. The Morgan fingerprint density at radius 3 is 3.11 bits per heavy atom. The molecule has 0 spiro atoms. The third-order valence-corrected chi connectivity index (χ3v) is 3.80. The molecule has 0 aromatic carbocycles. The van der Waals surface area contributed by atoms with Gasteiger partial charge in [0.2, 0.25) is 0 Å². The lowest BCUT2D eigenvalue weighted by molar-refractivity contribution is 0.249. The number of aliphatic hydroxyl groups excluding tert-OH is 1. The standard InChI is InChI=1S/C13H20ClN3O/c1-15-13-3-2-11(14)12(16-13)9-17-6-4-10(8-17)5-7-18/h2-3,10,18H,4-9H2,1H3,(H,15,16). The maximum atomic E-state index is 8.95. The number of pyridine rings is 1. The molecular formula is C13H20ClN3O. The second-order valence-electron chi connectivity index (χ2n) is 4.78. The molecule has 1 atom stereocenters. The molecule has 0 radical (unpaired) electrons. The van der Waals surface area contributed by atoms with Gasteiger partial charge in [0.15, 0.2) is 0 Å². The first-order valence-corrected chi connectivity index (χ1v) is 6.77. The van der Waals surface area contributed by atoms with E-state index >= 15 is 0 Å². The van der Waals surface area contributed by atoms with Gasteiger partial charge < -0.3 is 10.4 Å². The van der Waals surface area contributed by atoms with Gasteiger partial charge in [-0.3, -0.25) is 4.90 Å². The molecule has 1 fully saturated rings. The van der Waals surface area contributed by atoms with Crippen LogP contribution >= 0.6 is 11.6 Å². The normalized spacial score (nSPS) is 20.3. The van der Waals surface area contributed by atoms with Crippen molar-refractivity contribution in [1.29, 1.82) is 0 Å². The van der Waals surface area contributed by atoms with Gasteiger partial charge in [0.1, 0.15) is 5.82 Å². The molecule has 100 valence electrons. The Labute approximate surface area is 113 Å². The van der Waals surface area contributed by atoms with Gasteiger partial charge in [0, 0.05) is 26.7 Å². The minimum Gasteiger partial charge on any atom is -0.396 e. The summed E-state index contributed by atoms with van der Waals surface area (Å²) in [6, 6.07) is 3.77. The highest BCUT2D eigenvalue weighted by Crippen LogP contribution is 2.24. The van der Waals surface area contributed by atoms with Crippen molar-refractivity contribution >= 4 is 17.4 Å². The van der Waals surface area contributed by atoms with Gasteiger partial charge in [-0.1, -0.05) is 11.6 Å². The zero-order chi connectivity index (χ0) is 13.0. The largest absolute Gasteiger partial charge is 0.396 e. The lowest BCUT2D eigenvalue weighted by Crippen LogP contribution is -2.21. The van der Waals surface area contributed by atoms with E-state index in [0.29, 0.717) is 5.92 Å². The van der Waals surface area contributed by atoms with Crippen molar-refractivity contribution in [1.82, 2.24) is 9.88 Å². The number of hydrogen-bond acceptors (Lipinski definition) is 4. The van der Waals surface area contributed by atoms with Gasteiger partial charge in [-0.25, -0.2) is 4.98 Å². The average molecular weight is 270 g/mol. The van der Waals surface area contributed by atoms with Crippen LogP contribution in [0.1, 0.15) is 18.5 Å². The molecule has 1 aliphatic rings. The van der Waals surface area contributed by atoms with Gasteiger partial charge in [0.05, 0.1) is 10.7 Å². The average Bonchev–Trinajstić information content (AvgIpc) is 2.80. The summed E-state index contributed by atoms with van der Waals surface area (Å²) in [4.78, 5) is 6.85. The van der Waals surface area contributed by atoms with E-state index in [9.17, 15) is 0 Å². The molecule has 5 heteroatoms. The van der Waals surface area contributed by atoms with E-state index in [1.165, 1.54) is 0 Å². The number of nitrogens with one attached hydrogen (secondary N) is 1. The van der Waals surface area contributed by atoms with Crippen LogP contribution in [0.25, 0.3) is 0 Å². The lowest BCUT2D eigenvalue weighted by atomic mass is 10.1. The highest BCUT2D eigenvalue weighted by Gasteiger charge is 2.22. The van der Waals surface area contributed by atoms with E-state index in [1.54, 1.807) is 0 Å². The third kappa shape index (κ3) is 3.34. The van der Waals surface area contributed by atoms with Crippen molar-refractivity contribution in [2.24, 2.45) is 5.92 Å². The van der Waals surface area contributed by atoms with Crippen LogP contribution in [-0.2, 0) is 6.54 Å². The fourth-order valence-corrected chi connectivity index (χ4v) is 2.59. The Kier molecular flexibility index (Phi) is 4.80. The number of rotatable bonds is 5. The summed E-state index contributed by atoms with van der Waals surface area (Å²) >= 11 is 6.17. The second-order valence-corrected chi connectivity index (χ2v) is 5.18. The zero-order valence-electron chi connectivity index (χ0n) is 10.7. The molecule has 0 bridgehead atoms. The maximum absolute atomic E-state index is 8.95. The molecule has 0 aliphatic carbocycles. The van der Waals surface area contributed by atoms with E-state index in [0.717, 1.165) is 49.0 Å². The minimum atomic E-state index is 0.284. The van der Waals surface area contributed by atoms with Crippen LogP contribution in [0.3, 0.4) is 0 Å². The summed E-state index contributed by atoms with van der Waals surface area (Å²) in [7, 11) is 1.85. The third-order valence-electron chi connectivity index (χ3n) is 3.46. The predicted octanol–water partition coefficient (Wildman–Crippen LogP) is 1.98. The van der Waals surface area contributed by atoms with Gasteiger partial charge in [-0.2, -0.15) is 0 Å². The van der Waals surface area contributed by atoms with Crippen LogP contribution < -0.4 is 5.32 Å². The van der Waals surface area contributed by atoms with E-state index in [2.05, 4.69) is 15.2 Å². The molecule has 18 heavy (non-hydrogen) atoms. The molecular weight excluding hydrogens is 250 g/mol. The van der Waals surface area contributed by atoms with Crippen molar-refractivity contribution in [3.63, 3.8) is 0 Å². The van der Waals surface area contributed by atoms with Crippen LogP contribution in [0, 0.1) is 5.92 Å². The van der Waals surface area contributed by atoms with Gasteiger partial charge in [-0.15, -0.1) is 0 Å². The molecule has 2 N–H and O–H groups in total. The first-order valence-electron chi connectivity index (χ1n) is 6.39. The van der Waals surface area contributed by atoms with Gasteiger partial charge in [-0.05, 0) is 37.4 Å². The van der Waals surface area contributed by atoms with E-state index in [1.807, 2.05) is 19.2 Å². The quantitative estimate of drug-likeness (QED) is 0.858. The Morgan fingerprint density at radius 1 is 1.56 bits per heavy atom. The number of halogens is 1. The Balaban J connectivity index is 1.97. The number of anilines is 1. The van der Waals surface area contributed by atoms with Crippen molar-refractivity contribution in [2.45, 2.75) is 19.4 Å². The molecule has 2 heterocycles. The Bertz CT molecular complexity index is 400. The van der Waals surface area contributed by atoms with Crippen molar-refractivity contribution < 1.29 is 5.11 Å². The number of likely N-dealkylation sites (tertiary alicyclic amines) is 1.